The van der Waals surface area contributed by atoms with Gasteiger partial charge in [0.05, 0.1) is 6.61 Å². The lowest BCUT2D eigenvalue weighted by Crippen LogP contribution is -2.10. The highest BCUT2D eigenvalue weighted by Crippen LogP contribution is 2.29. The standard InChI is InChI=1S/C22H24N2O4/c1-5-26-19-12-15(13-25)6-11-18(19)27-14-20-23-21(24-28-20)16-7-9-17(10-8-16)22(2,3)4/h6-13H,5,14H2,1-4H3. The molecule has 0 atom stereocenters. The molecule has 1 heterocycles. The van der Waals surface area contributed by atoms with Crippen LogP contribution in [0.15, 0.2) is 47.0 Å². The minimum atomic E-state index is 0.0897. The number of ether oxygens (including phenoxy) is 2. The van der Waals surface area contributed by atoms with E-state index in [9.17, 15) is 4.79 Å². The summed E-state index contributed by atoms with van der Waals surface area (Å²) >= 11 is 0. The van der Waals surface area contributed by atoms with E-state index in [2.05, 4.69) is 43.0 Å². The highest BCUT2D eigenvalue weighted by atomic mass is 16.5. The molecule has 28 heavy (non-hydrogen) atoms. The van der Waals surface area contributed by atoms with Crippen molar-refractivity contribution >= 4 is 6.29 Å². The third-order valence-electron chi connectivity index (χ3n) is 4.23. The van der Waals surface area contributed by atoms with Crippen molar-refractivity contribution in [3.05, 3.63) is 59.5 Å². The minimum Gasteiger partial charge on any atom is -0.490 e. The van der Waals surface area contributed by atoms with Gasteiger partial charge in [-0.05, 0) is 36.1 Å². The number of aromatic nitrogens is 2. The molecule has 0 radical (unpaired) electrons. The summed E-state index contributed by atoms with van der Waals surface area (Å²) in [6.07, 6.45) is 0.765. The highest BCUT2D eigenvalue weighted by molar-refractivity contribution is 5.76. The number of carbonyl (C=O) groups excluding carboxylic acids is 1. The van der Waals surface area contributed by atoms with E-state index in [0.29, 0.717) is 35.4 Å². The number of hydrogen-bond donors (Lipinski definition) is 0. The zero-order chi connectivity index (χ0) is 20.1. The van der Waals surface area contributed by atoms with Gasteiger partial charge >= 0.3 is 0 Å². The average Bonchev–Trinajstić information content (AvgIpc) is 3.15. The fourth-order valence-corrected chi connectivity index (χ4v) is 2.68. The van der Waals surface area contributed by atoms with Crippen LogP contribution in [0, 0.1) is 0 Å². The van der Waals surface area contributed by atoms with Crippen LogP contribution in [0.2, 0.25) is 0 Å². The van der Waals surface area contributed by atoms with Crippen LogP contribution in [-0.2, 0) is 12.0 Å². The zero-order valence-corrected chi connectivity index (χ0v) is 16.6. The van der Waals surface area contributed by atoms with Gasteiger partial charge < -0.3 is 14.0 Å². The van der Waals surface area contributed by atoms with Crippen molar-refractivity contribution in [2.45, 2.75) is 39.7 Å². The fraction of sp³-hybridized carbons (Fsp3) is 0.318. The molecule has 6 heteroatoms. The molecule has 0 saturated carbocycles. The molecule has 3 aromatic rings. The molecular weight excluding hydrogens is 356 g/mol. The Hall–Kier alpha value is -3.15. The summed E-state index contributed by atoms with van der Waals surface area (Å²) < 4.78 is 16.6. The van der Waals surface area contributed by atoms with Gasteiger partial charge in [0.15, 0.2) is 18.1 Å². The second kappa shape index (κ2) is 8.25. The number of aldehydes is 1. The van der Waals surface area contributed by atoms with Gasteiger partial charge in [0.25, 0.3) is 5.89 Å². The predicted molar refractivity (Wildman–Crippen MR) is 106 cm³/mol. The van der Waals surface area contributed by atoms with Crippen LogP contribution < -0.4 is 9.47 Å². The topological polar surface area (TPSA) is 74.5 Å². The first kappa shape index (κ1) is 19.6. The molecule has 0 unspecified atom stereocenters. The molecule has 0 aliphatic carbocycles. The van der Waals surface area contributed by atoms with Crippen LogP contribution in [0.25, 0.3) is 11.4 Å². The van der Waals surface area contributed by atoms with Gasteiger partial charge in [-0.1, -0.05) is 50.2 Å². The quantitative estimate of drug-likeness (QED) is 0.547. The molecule has 0 bridgehead atoms. The van der Waals surface area contributed by atoms with Gasteiger partial charge in [-0.2, -0.15) is 4.98 Å². The summed E-state index contributed by atoms with van der Waals surface area (Å²) in [7, 11) is 0. The van der Waals surface area contributed by atoms with Crippen LogP contribution in [0.3, 0.4) is 0 Å². The van der Waals surface area contributed by atoms with E-state index >= 15 is 0 Å². The van der Waals surface area contributed by atoms with Crippen molar-refractivity contribution in [1.29, 1.82) is 0 Å². The van der Waals surface area contributed by atoms with Crippen molar-refractivity contribution in [3.63, 3.8) is 0 Å². The molecule has 0 fully saturated rings. The van der Waals surface area contributed by atoms with E-state index in [0.717, 1.165) is 11.8 Å². The van der Waals surface area contributed by atoms with Gasteiger partial charge in [-0.25, -0.2) is 0 Å². The maximum atomic E-state index is 10.9. The normalized spacial score (nSPS) is 11.3. The van der Waals surface area contributed by atoms with E-state index in [1.54, 1.807) is 18.2 Å². The fourth-order valence-electron chi connectivity index (χ4n) is 2.68. The third-order valence-corrected chi connectivity index (χ3v) is 4.23. The second-order valence-electron chi connectivity index (χ2n) is 7.38. The van der Waals surface area contributed by atoms with E-state index in [1.165, 1.54) is 5.56 Å². The maximum absolute atomic E-state index is 10.9. The smallest absolute Gasteiger partial charge is 0.264 e. The summed E-state index contributed by atoms with van der Waals surface area (Å²) in [5.74, 6) is 1.89. The summed E-state index contributed by atoms with van der Waals surface area (Å²) in [5, 5.41) is 4.03. The highest BCUT2D eigenvalue weighted by Gasteiger charge is 2.15. The van der Waals surface area contributed by atoms with E-state index < -0.39 is 0 Å². The lowest BCUT2D eigenvalue weighted by molar-refractivity contribution is 0.112. The number of nitrogens with zero attached hydrogens (tertiary/aromatic N) is 2. The molecule has 1 aromatic heterocycles. The lowest BCUT2D eigenvalue weighted by atomic mass is 9.87. The monoisotopic (exact) mass is 380 g/mol. The Morgan fingerprint density at radius 2 is 1.79 bits per heavy atom. The summed E-state index contributed by atoms with van der Waals surface area (Å²) in [4.78, 5) is 15.3. The van der Waals surface area contributed by atoms with Crippen molar-refractivity contribution in [3.8, 4) is 22.9 Å². The number of benzene rings is 2. The van der Waals surface area contributed by atoms with E-state index in [4.69, 9.17) is 14.0 Å². The molecule has 2 aromatic carbocycles. The predicted octanol–water partition coefficient (Wildman–Crippen LogP) is 4.82. The Labute approximate surface area is 164 Å². The summed E-state index contributed by atoms with van der Waals surface area (Å²) in [6, 6.07) is 13.1. The van der Waals surface area contributed by atoms with Crippen LogP contribution >= 0.6 is 0 Å². The SMILES string of the molecule is CCOc1cc(C=O)ccc1OCc1nc(-c2ccc(C(C)(C)C)cc2)no1. The molecule has 3 rings (SSSR count). The van der Waals surface area contributed by atoms with Gasteiger partial charge in [-0.15, -0.1) is 0 Å². The molecular formula is C22H24N2O4. The van der Waals surface area contributed by atoms with Gasteiger partial charge in [-0.3, -0.25) is 4.79 Å². The Kier molecular flexibility index (Phi) is 5.78. The molecule has 0 aliphatic rings. The molecule has 0 spiro atoms. The number of hydrogen-bond acceptors (Lipinski definition) is 6. The Morgan fingerprint density at radius 3 is 2.43 bits per heavy atom. The third kappa shape index (κ3) is 4.57. The molecule has 146 valence electrons. The molecule has 0 N–H and O–H groups in total. The van der Waals surface area contributed by atoms with Gasteiger partial charge in [0.2, 0.25) is 5.82 Å². The Balaban J connectivity index is 1.71. The van der Waals surface area contributed by atoms with Gasteiger partial charge in [0, 0.05) is 11.1 Å². The Bertz CT molecular complexity index is 940. The first-order valence-electron chi connectivity index (χ1n) is 9.19. The van der Waals surface area contributed by atoms with Crippen molar-refractivity contribution in [2.75, 3.05) is 6.61 Å². The van der Waals surface area contributed by atoms with Crippen molar-refractivity contribution < 1.29 is 18.8 Å². The first-order chi connectivity index (χ1) is 13.4. The van der Waals surface area contributed by atoms with E-state index in [1.807, 2.05) is 19.1 Å². The largest absolute Gasteiger partial charge is 0.490 e. The van der Waals surface area contributed by atoms with Crippen LogP contribution in [0.1, 0.15) is 49.5 Å². The van der Waals surface area contributed by atoms with Crippen molar-refractivity contribution in [2.24, 2.45) is 0 Å². The lowest BCUT2D eigenvalue weighted by Gasteiger charge is -2.18. The second-order valence-corrected chi connectivity index (χ2v) is 7.38. The van der Waals surface area contributed by atoms with Crippen LogP contribution in [0.4, 0.5) is 0 Å². The Morgan fingerprint density at radius 1 is 1.04 bits per heavy atom. The molecule has 0 aliphatic heterocycles. The first-order valence-corrected chi connectivity index (χ1v) is 9.19. The van der Waals surface area contributed by atoms with Crippen LogP contribution in [-0.4, -0.2) is 23.0 Å². The minimum absolute atomic E-state index is 0.0897. The van der Waals surface area contributed by atoms with Gasteiger partial charge in [0.1, 0.15) is 6.29 Å². The number of carbonyl (C=O) groups is 1. The molecule has 6 nitrogen and oxygen atoms in total. The molecule has 0 saturated heterocycles. The average molecular weight is 380 g/mol. The van der Waals surface area contributed by atoms with E-state index in [-0.39, 0.29) is 12.0 Å². The number of rotatable bonds is 7. The zero-order valence-electron chi connectivity index (χ0n) is 16.6. The summed E-state index contributed by atoms with van der Waals surface area (Å²) in [5.41, 5.74) is 2.74. The van der Waals surface area contributed by atoms with Crippen LogP contribution in [0.5, 0.6) is 11.5 Å². The summed E-state index contributed by atoms with van der Waals surface area (Å²) in [6.45, 7) is 8.95. The maximum Gasteiger partial charge on any atom is 0.264 e. The molecule has 0 amide bonds. The van der Waals surface area contributed by atoms with Crippen molar-refractivity contribution in [1.82, 2.24) is 10.1 Å².